The molecule has 0 saturated heterocycles. The smallest absolute Gasteiger partial charge is 0.244 e. The molecular formula is C20H22N4O2. The molecule has 6 heteroatoms. The quantitative estimate of drug-likeness (QED) is 0.718. The summed E-state index contributed by atoms with van der Waals surface area (Å²) in [5.74, 6) is 0.378. The molecule has 6 nitrogen and oxygen atoms in total. The molecule has 0 aliphatic heterocycles. The van der Waals surface area contributed by atoms with Crippen molar-refractivity contribution in [2.24, 2.45) is 0 Å². The lowest BCUT2D eigenvalue weighted by Gasteiger charge is -2.11. The first-order valence-corrected chi connectivity index (χ1v) is 8.64. The Morgan fingerprint density at radius 2 is 1.81 bits per heavy atom. The number of hydrogen-bond acceptors (Lipinski definition) is 3. The minimum absolute atomic E-state index is 0.130. The first-order valence-electron chi connectivity index (χ1n) is 8.64. The summed E-state index contributed by atoms with van der Waals surface area (Å²) in [6, 6.07) is 15.4. The fourth-order valence-corrected chi connectivity index (χ4v) is 2.81. The largest absolute Gasteiger partial charge is 0.349 e. The second-order valence-corrected chi connectivity index (χ2v) is 6.11. The van der Waals surface area contributed by atoms with Crippen LogP contribution < -0.4 is 10.6 Å². The molecule has 1 heterocycles. The van der Waals surface area contributed by atoms with Crippen molar-refractivity contribution >= 4 is 28.5 Å². The van der Waals surface area contributed by atoms with Gasteiger partial charge in [-0.2, -0.15) is 0 Å². The number of amides is 2. The number of carbonyl (C=O) groups is 2. The Bertz CT molecular complexity index is 929. The van der Waals surface area contributed by atoms with Crippen LogP contribution in [0.25, 0.3) is 11.0 Å². The second kappa shape index (κ2) is 7.82. The van der Waals surface area contributed by atoms with Gasteiger partial charge in [-0.15, -0.1) is 0 Å². The van der Waals surface area contributed by atoms with Crippen molar-refractivity contribution in [1.29, 1.82) is 0 Å². The van der Waals surface area contributed by atoms with Crippen LogP contribution in [0.2, 0.25) is 0 Å². The molecule has 0 atom stereocenters. The lowest BCUT2D eigenvalue weighted by Crippen LogP contribution is -2.24. The highest BCUT2D eigenvalue weighted by atomic mass is 16.2. The number of aromatic nitrogens is 2. The van der Waals surface area contributed by atoms with Gasteiger partial charge in [-0.25, -0.2) is 4.98 Å². The Morgan fingerprint density at radius 3 is 2.50 bits per heavy atom. The summed E-state index contributed by atoms with van der Waals surface area (Å²) in [7, 11) is 0. The standard InChI is InChI=1S/C20H22N4O2/c1-3-15-8-10-16(11-9-15)22-20(26)13-24-18-7-5-4-6-17(18)23-19(24)12-21-14(2)25/h4-11H,3,12-13H2,1-2H3,(H,21,25)(H,22,26). The molecular weight excluding hydrogens is 328 g/mol. The van der Waals surface area contributed by atoms with Gasteiger partial charge < -0.3 is 15.2 Å². The van der Waals surface area contributed by atoms with Crippen molar-refractivity contribution in [2.45, 2.75) is 33.4 Å². The number of para-hydroxylation sites is 2. The van der Waals surface area contributed by atoms with E-state index in [1.165, 1.54) is 12.5 Å². The molecule has 0 bridgehead atoms. The third-order valence-electron chi connectivity index (χ3n) is 4.18. The Morgan fingerprint density at radius 1 is 1.08 bits per heavy atom. The van der Waals surface area contributed by atoms with Crippen LogP contribution in [0.3, 0.4) is 0 Å². The number of anilines is 1. The van der Waals surface area contributed by atoms with Gasteiger partial charge in [0.05, 0.1) is 17.6 Å². The molecule has 0 aliphatic carbocycles. The van der Waals surface area contributed by atoms with E-state index in [4.69, 9.17) is 0 Å². The second-order valence-electron chi connectivity index (χ2n) is 6.11. The first kappa shape index (κ1) is 17.7. The normalized spacial score (nSPS) is 10.7. The number of rotatable bonds is 6. The average molecular weight is 350 g/mol. The summed E-state index contributed by atoms with van der Waals surface area (Å²) in [5.41, 5.74) is 3.65. The van der Waals surface area contributed by atoms with Crippen LogP contribution in [0.1, 0.15) is 25.2 Å². The van der Waals surface area contributed by atoms with Crippen LogP contribution in [-0.2, 0) is 29.1 Å². The Kier molecular flexibility index (Phi) is 5.31. The first-order chi connectivity index (χ1) is 12.6. The number of hydrogen-bond donors (Lipinski definition) is 2. The number of aryl methyl sites for hydroxylation is 1. The van der Waals surface area contributed by atoms with E-state index in [1.54, 1.807) is 0 Å². The fourth-order valence-electron chi connectivity index (χ4n) is 2.81. The van der Waals surface area contributed by atoms with Crippen molar-refractivity contribution in [3.63, 3.8) is 0 Å². The third kappa shape index (κ3) is 4.08. The zero-order chi connectivity index (χ0) is 18.5. The molecule has 0 fully saturated rings. The summed E-state index contributed by atoms with van der Waals surface area (Å²) < 4.78 is 1.83. The SMILES string of the molecule is CCc1ccc(NC(=O)Cn2c(CNC(C)=O)nc3ccccc32)cc1. The van der Waals surface area contributed by atoms with Gasteiger partial charge in [0.1, 0.15) is 12.4 Å². The third-order valence-corrected chi connectivity index (χ3v) is 4.18. The van der Waals surface area contributed by atoms with E-state index < -0.39 is 0 Å². The predicted octanol–water partition coefficient (Wildman–Crippen LogP) is 2.87. The Hall–Kier alpha value is -3.15. The van der Waals surface area contributed by atoms with Gasteiger partial charge in [0.25, 0.3) is 0 Å². The molecule has 3 rings (SSSR count). The van der Waals surface area contributed by atoms with Crippen LogP contribution >= 0.6 is 0 Å². The summed E-state index contributed by atoms with van der Waals surface area (Å²) in [6.45, 7) is 3.96. The zero-order valence-electron chi connectivity index (χ0n) is 15.0. The topological polar surface area (TPSA) is 76.0 Å². The highest BCUT2D eigenvalue weighted by Gasteiger charge is 2.14. The predicted molar refractivity (Wildman–Crippen MR) is 102 cm³/mol. The molecule has 1 aromatic heterocycles. The van der Waals surface area contributed by atoms with E-state index in [-0.39, 0.29) is 24.9 Å². The Labute approximate surface area is 152 Å². The molecule has 2 aromatic carbocycles. The maximum absolute atomic E-state index is 12.5. The maximum Gasteiger partial charge on any atom is 0.244 e. The van der Waals surface area contributed by atoms with E-state index in [0.717, 1.165) is 23.1 Å². The Balaban J connectivity index is 1.80. The highest BCUT2D eigenvalue weighted by molar-refractivity contribution is 5.91. The minimum atomic E-state index is -0.138. The number of benzene rings is 2. The number of carbonyl (C=O) groups excluding carboxylic acids is 2. The number of fused-ring (bicyclic) bond motifs is 1. The van der Waals surface area contributed by atoms with E-state index in [9.17, 15) is 9.59 Å². The van der Waals surface area contributed by atoms with Crippen molar-refractivity contribution < 1.29 is 9.59 Å². The van der Waals surface area contributed by atoms with Crippen LogP contribution in [-0.4, -0.2) is 21.4 Å². The van der Waals surface area contributed by atoms with Crippen molar-refractivity contribution in [3.8, 4) is 0 Å². The lowest BCUT2D eigenvalue weighted by molar-refractivity contribution is -0.119. The molecule has 2 N–H and O–H groups in total. The van der Waals surface area contributed by atoms with Gasteiger partial charge in [0.2, 0.25) is 11.8 Å². The number of imidazole rings is 1. The molecule has 0 aliphatic rings. The molecule has 134 valence electrons. The van der Waals surface area contributed by atoms with Gasteiger partial charge in [-0.1, -0.05) is 31.2 Å². The average Bonchev–Trinajstić information content (AvgIpc) is 2.98. The monoisotopic (exact) mass is 350 g/mol. The van der Waals surface area contributed by atoms with Gasteiger partial charge in [-0.05, 0) is 36.2 Å². The summed E-state index contributed by atoms with van der Waals surface area (Å²) in [4.78, 5) is 28.3. The zero-order valence-corrected chi connectivity index (χ0v) is 15.0. The molecule has 2 amide bonds. The molecule has 0 spiro atoms. The van der Waals surface area contributed by atoms with Gasteiger partial charge in [-0.3, -0.25) is 9.59 Å². The fraction of sp³-hybridized carbons (Fsp3) is 0.250. The van der Waals surface area contributed by atoms with E-state index in [2.05, 4.69) is 22.5 Å². The maximum atomic E-state index is 12.5. The van der Waals surface area contributed by atoms with Crippen LogP contribution in [0.15, 0.2) is 48.5 Å². The van der Waals surface area contributed by atoms with Crippen molar-refractivity contribution in [3.05, 3.63) is 59.9 Å². The van der Waals surface area contributed by atoms with Gasteiger partial charge >= 0.3 is 0 Å². The van der Waals surface area contributed by atoms with E-state index >= 15 is 0 Å². The lowest BCUT2D eigenvalue weighted by atomic mass is 10.1. The molecule has 26 heavy (non-hydrogen) atoms. The van der Waals surface area contributed by atoms with Crippen LogP contribution in [0.5, 0.6) is 0 Å². The van der Waals surface area contributed by atoms with Crippen molar-refractivity contribution in [1.82, 2.24) is 14.9 Å². The summed E-state index contributed by atoms with van der Waals surface area (Å²) in [5, 5.41) is 5.66. The van der Waals surface area contributed by atoms with E-state index in [1.807, 2.05) is 53.1 Å². The van der Waals surface area contributed by atoms with Crippen LogP contribution in [0.4, 0.5) is 5.69 Å². The number of nitrogens with one attached hydrogen (secondary N) is 2. The minimum Gasteiger partial charge on any atom is -0.349 e. The summed E-state index contributed by atoms with van der Waals surface area (Å²) >= 11 is 0. The highest BCUT2D eigenvalue weighted by Crippen LogP contribution is 2.17. The van der Waals surface area contributed by atoms with Crippen molar-refractivity contribution in [2.75, 3.05) is 5.32 Å². The van der Waals surface area contributed by atoms with Crippen LogP contribution in [0, 0.1) is 0 Å². The van der Waals surface area contributed by atoms with Gasteiger partial charge in [0.15, 0.2) is 0 Å². The summed E-state index contributed by atoms with van der Waals surface area (Å²) in [6.07, 6.45) is 0.960. The van der Waals surface area contributed by atoms with E-state index in [0.29, 0.717) is 5.82 Å². The molecule has 3 aromatic rings. The molecule has 0 unspecified atom stereocenters. The molecule has 0 radical (unpaired) electrons. The van der Waals surface area contributed by atoms with Gasteiger partial charge in [0, 0.05) is 12.6 Å². The molecule has 0 saturated carbocycles. The number of nitrogens with zero attached hydrogens (tertiary/aromatic N) is 2.